The summed E-state index contributed by atoms with van der Waals surface area (Å²) in [6.45, 7) is -0.0390. The number of thiophene rings is 1. The Morgan fingerprint density at radius 1 is 1.38 bits per heavy atom. The fourth-order valence-corrected chi connectivity index (χ4v) is 4.12. The van der Waals surface area contributed by atoms with Gasteiger partial charge in [-0.1, -0.05) is 0 Å². The molecule has 0 aliphatic carbocycles. The van der Waals surface area contributed by atoms with Crippen LogP contribution in [-0.4, -0.2) is 13.3 Å². The second-order valence-electron chi connectivity index (χ2n) is 3.89. The molecule has 10 heteroatoms. The largest absolute Gasteiger partial charge is 0.270 e. The van der Waals surface area contributed by atoms with Gasteiger partial charge in [0.2, 0.25) is 10.0 Å². The van der Waals surface area contributed by atoms with Crippen LogP contribution in [0.15, 0.2) is 39.0 Å². The number of nitro groups is 1. The molecule has 0 radical (unpaired) electrons. The molecule has 1 aromatic heterocycles. The van der Waals surface area contributed by atoms with E-state index >= 15 is 0 Å². The topological polar surface area (TPSA) is 89.3 Å². The first-order valence-electron chi connectivity index (χ1n) is 5.47. The van der Waals surface area contributed by atoms with E-state index < -0.39 is 31.3 Å². The third-order valence-electron chi connectivity index (χ3n) is 2.53. The Morgan fingerprint density at radius 2 is 2.10 bits per heavy atom. The molecule has 1 aromatic carbocycles. The van der Waals surface area contributed by atoms with Gasteiger partial charge < -0.3 is 0 Å². The standard InChI is InChI=1S/C11H8BrFN2O4S2/c12-8-3-4-20-10(8)6-14-21(18,19)11-5-7(15(16)17)1-2-9(11)13/h1-5,14H,6H2. The lowest BCUT2D eigenvalue weighted by Gasteiger charge is -2.07. The highest BCUT2D eigenvalue weighted by atomic mass is 79.9. The molecular weight excluding hydrogens is 387 g/mol. The predicted octanol–water partition coefficient (Wildman–Crippen LogP) is 3.04. The first kappa shape index (κ1) is 16.0. The minimum Gasteiger partial charge on any atom is -0.258 e. The Kier molecular flexibility index (Phi) is 4.71. The molecule has 2 aromatic rings. The molecule has 0 aliphatic heterocycles. The number of nitro benzene ring substituents is 1. The normalized spacial score (nSPS) is 11.5. The second-order valence-corrected chi connectivity index (χ2v) is 7.48. The SMILES string of the molecule is O=[N+]([O-])c1ccc(F)c(S(=O)(=O)NCc2sccc2Br)c1. The van der Waals surface area contributed by atoms with Crippen molar-refractivity contribution in [3.8, 4) is 0 Å². The van der Waals surface area contributed by atoms with Crippen molar-refractivity contribution in [1.82, 2.24) is 4.72 Å². The van der Waals surface area contributed by atoms with E-state index in [-0.39, 0.29) is 6.54 Å². The van der Waals surface area contributed by atoms with Gasteiger partial charge in [-0.25, -0.2) is 17.5 Å². The molecule has 21 heavy (non-hydrogen) atoms. The van der Waals surface area contributed by atoms with E-state index in [0.29, 0.717) is 10.9 Å². The van der Waals surface area contributed by atoms with E-state index in [0.717, 1.165) is 16.6 Å². The number of rotatable bonds is 5. The van der Waals surface area contributed by atoms with Gasteiger partial charge in [0, 0.05) is 28.0 Å². The average molecular weight is 395 g/mol. The fraction of sp³-hybridized carbons (Fsp3) is 0.0909. The number of hydrogen-bond acceptors (Lipinski definition) is 5. The van der Waals surface area contributed by atoms with Gasteiger partial charge in [-0.2, -0.15) is 0 Å². The number of halogens is 2. The number of nitrogens with zero attached hydrogens (tertiary/aromatic N) is 1. The quantitative estimate of drug-likeness (QED) is 0.623. The lowest BCUT2D eigenvalue weighted by atomic mass is 10.3. The summed E-state index contributed by atoms with van der Waals surface area (Å²) in [5.74, 6) is -1.04. The summed E-state index contributed by atoms with van der Waals surface area (Å²) < 4.78 is 40.7. The summed E-state index contributed by atoms with van der Waals surface area (Å²) in [4.78, 5) is 9.83. The number of nitrogens with one attached hydrogen (secondary N) is 1. The molecule has 2 rings (SSSR count). The van der Waals surface area contributed by atoms with Crippen LogP contribution in [0.3, 0.4) is 0 Å². The summed E-state index contributed by atoms with van der Waals surface area (Å²) >= 11 is 4.57. The minimum atomic E-state index is -4.18. The van der Waals surface area contributed by atoms with E-state index in [1.165, 1.54) is 11.3 Å². The van der Waals surface area contributed by atoms with E-state index in [1.807, 2.05) is 0 Å². The van der Waals surface area contributed by atoms with Crippen molar-refractivity contribution in [1.29, 1.82) is 0 Å². The lowest BCUT2D eigenvalue weighted by molar-refractivity contribution is -0.385. The molecule has 6 nitrogen and oxygen atoms in total. The molecule has 0 bridgehead atoms. The molecule has 0 spiro atoms. The smallest absolute Gasteiger partial charge is 0.258 e. The Hall–Kier alpha value is -1.36. The minimum absolute atomic E-state index is 0.0390. The molecular formula is C11H8BrFN2O4S2. The van der Waals surface area contributed by atoms with Crippen molar-refractivity contribution in [2.75, 3.05) is 0 Å². The fourth-order valence-electron chi connectivity index (χ4n) is 1.50. The molecule has 1 N–H and O–H groups in total. The maximum atomic E-state index is 13.6. The highest BCUT2D eigenvalue weighted by Gasteiger charge is 2.22. The Bertz CT molecular complexity index is 791. The van der Waals surface area contributed by atoms with Crippen LogP contribution in [0.2, 0.25) is 0 Å². The highest BCUT2D eigenvalue weighted by Crippen LogP contribution is 2.24. The van der Waals surface area contributed by atoms with Gasteiger partial charge in [0.15, 0.2) is 0 Å². The molecule has 0 saturated heterocycles. The van der Waals surface area contributed by atoms with E-state index in [1.54, 1.807) is 11.4 Å². The van der Waals surface area contributed by atoms with Crippen LogP contribution in [0.1, 0.15) is 4.88 Å². The van der Waals surface area contributed by atoms with Gasteiger partial charge in [-0.15, -0.1) is 11.3 Å². The Balaban J connectivity index is 2.29. The molecule has 0 unspecified atom stereocenters. The second kappa shape index (κ2) is 6.18. The van der Waals surface area contributed by atoms with E-state index in [9.17, 15) is 22.9 Å². The lowest BCUT2D eigenvalue weighted by Crippen LogP contribution is -2.24. The highest BCUT2D eigenvalue weighted by molar-refractivity contribution is 9.10. The van der Waals surface area contributed by atoms with Crippen LogP contribution in [0.4, 0.5) is 10.1 Å². The maximum Gasteiger partial charge on any atom is 0.270 e. The molecule has 0 fully saturated rings. The third kappa shape index (κ3) is 3.64. The van der Waals surface area contributed by atoms with Crippen LogP contribution in [0.5, 0.6) is 0 Å². The van der Waals surface area contributed by atoms with Crippen LogP contribution in [-0.2, 0) is 16.6 Å². The van der Waals surface area contributed by atoms with Crippen molar-refractivity contribution in [2.45, 2.75) is 11.4 Å². The Labute approximate surface area is 131 Å². The van der Waals surface area contributed by atoms with Gasteiger partial charge in [-0.05, 0) is 33.4 Å². The number of benzene rings is 1. The van der Waals surface area contributed by atoms with Gasteiger partial charge in [0.05, 0.1) is 4.92 Å². The monoisotopic (exact) mass is 394 g/mol. The Morgan fingerprint density at radius 3 is 2.67 bits per heavy atom. The first-order chi connectivity index (χ1) is 9.81. The van der Waals surface area contributed by atoms with Gasteiger partial charge in [0.25, 0.3) is 5.69 Å². The average Bonchev–Trinajstić information content (AvgIpc) is 2.82. The maximum absolute atomic E-state index is 13.6. The molecule has 112 valence electrons. The van der Waals surface area contributed by atoms with E-state index in [4.69, 9.17) is 0 Å². The molecule has 0 amide bonds. The molecule has 0 atom stereocenters. The summed E-state index contributed by atoms with van der Waals surface area (Å²) in [6, 6.07) is 4.11. The van der Waals surface area contributed by atoms with Gasteiger partial charge in [0.1, 0.15) is 10.7 Å². The zero-order chi connectivity index (χ0) is 15.6. The number of hydrogen-bond donors (Lipinski definition) is 1. The van der Waals surface area contributed by atoms with Crippen LogP contribution in [0, 0.1) is 15.9 Å². The number of non-ortho nitro benzene ring substituents is 1. The molecule has 0 aliphatic rings. The van der Waals surface area contributed by atoms with Crippen LogP contribution in [0.25, 0.3) is 0 Å². The van der Waals surface area contributed by atoms with E-state index in [2.05, 4.69) is 20.7 Å². The number of sulfonamides is 1. The van der Waals surface area contributed by atoms with Gasteiger partial charge >= 0.3 is 0 Å². The zero-order valence-corrected chi connectivity index (χ0v) is 13.5. The third-order valence-corrected chi connectivity index (χ3v) is 5.87. The summed E-state index contributed by atoms with van der Waals surface area (Å²) in [7, 11) is -4.18. The summed E-state index contributed by atoms with van der Waals surface area (Å²) in [6.07, 6.45) is 0. The van der Waals surface area contributed by atoms with Crippen molar-refractivity contribution in [3.05, 3.63) is 54.9 Å². The van der Waals surface area contributed by atoms with Crippen molar-refractivity contribution >= 4 is 43.0 Å². The zero-order valence-electron chi connectivity index (χ0n) is 10.2. The summed E-state index contributed by atoms with van der Waals surface area (Å²) in [5.41, 5.74) is -0.492. The van der Waals surface area contributed by atoms with Crippen LogP contribution < -0.4 is 4.72 Å². The molecule has 0 saturated carbocycles. The first-order valence-corrected chi connectivity index (χ1v) is 8.62. The molecule has 1 heterocycles. The summed E-state index contributed by atoms with van der Waals surface area (Å²) in [5, 5.41) is 12.4. The van der Waals surface area contributed by atoms with Crippen LogP contribution >= 0.6 is 27.3 Å². The van der Waals surface area contributed by atoms with Crippen molar-refractivity contribution < 1.29 is 17.7 Å². The van der Waals surface area contributed by atoms with Crippen molar-refractivity contribution in [2.24, 2.45) is 0 Å². The predicted molar refractivity (Wildman–Crippen MR) is 79.1 cm³/mol. The van der Waals surface area contributed by atoms with Crippen molar-refractivity contribution in [3.63, 3.8) is 0 Å². The van der Waals surface area contributed by atoms with Gasteiger partial charge in [-0.3, -0.25) is 10.1 Å².